The van der Waals surface area contributed by atoms with E-state index in [1.807, 2.05) is 13.0 Å². The lowest BCUT2D eigenvalue weighted by Crippen LogP contribution is -2.60. The standard InChI is InChI=1S/C43H66O11/c1-25-21-35(52-43(24-25)36(46)12-11-32(51-43)23-29(5)44)26(2)9-10-31-14-18-42(50-31)19-15-34-40(54-42)37(47)30(6)39(49-34)33(45)22-28(4)38-27(3)13-17-41(53-38)16-7-8-20-48-41/h9-10,24,26-28,31-40,45-47H,6-8,11-23H2,1-5H3/b10-9+. The normalized spacial score (nSPS) is 46.1. The smallest absolute Gasteiger partial charge is 0.215 e. The number of Topliss-reactive ketones (excluding diaryl/α,β-unsaturated/α-hetero) is 1. The van der Waals surface area contributed by atoms with Crippen LogP contribution in [0.4, 0.5) is 0 Å². The molecule has 0 aromatic heterocycles. The van der Waals surface area contributed by atoms with Crippen LogP contribution in [-0.2, 0) is 38.0 Å². The zero-order valence-electron chi connectivity index (χ0n) is 33.2. The number of fused-ring (bicyclic) bond motifs is 1. The first-order valence-corrected chi connectivity index (χ1v) is 21.0. The van der Waals surface area contributed by atoms with Crippen LogP contribution >= 0.6 is 0 Å². The van der Waals surface area contributed by atoms with Gasteiger partial charge in [-0.15, -0.1) is 0 Å². The Balaban J connectivity index is 0.921. The van der Waals surface area contributed by atoms with Gasteiger partial charge in [0.1, 0.15) is 30.2 Å². The van der Waals surface area contributed by atoms with E-state index in [9.17, 15) is 20.1 Å². The van der Waals surface area contributed by atoms with Crippen molar-refractivity contribution in [3.63, 3.8) is 0 Å². The zero-order valence-corrected chi connectivity index (χ0v) is 33.2. The number of aliphatic hydroxyl groups excluding tert-OH is 3. The van der Waals surface area contributed by atoms with Crippen LogP contribution in [0.1, 0.15) is 125 Å². The van der Waals surface area contributed by atoms with Gasteiger partial charge in [-0.1, -0.05) is 45.1 Å². The van der Waals surface area contributed by atoms with Crippen LogP contribution in [0.15, 0.2) is 36.0 Å². The minimum atomic E-state index is -1.25. The third kappa shape index (κ3) is 8.52. The molecule has 0 amide bonds. The fourth-order valence-electron chi connectivity index (χ4n) is 10.3. The summed E-state index contributed by atoms with van der Waals surface area (Å²) in [6, 6.07) is 0. The molecule has 7 aliphatic rings. The number of carbonyl (C=O) groups excluding carboxylic acids is 1. The molecule has 0 radical (unpaired) electrons. The Kier molecular flexibility index (Phi) is 12.3. The quantitative estimate of drug-likeness (QED) is 0.240. The Morgan fingerprint density at radius 3 is 2.52 bits per heavy atom. The van der Waals surface area contributed by atoms with Crippen molar-refractivity contribution in [1.29, 1.82) is 0 Å². The SMILES string of the molecule is C=C1C(O)C2OC3(CCC(/C=C/C(C)C4CC(C)=CC5(OC(CC(C)=O)CCC5O)O4)O3)CCC2OC1C(O)CC(C)C1OC2(CCCCO2)CCC1C. The van der Waals surface area contributed by atoms with Crippen LogP contribution in [0.25, 0.3) is 0 Å². The molecular weight excluding hydrogens is 692 g/mol. The Morgan fingerprint density at radius 1 is 0.981 bits per heavy atom. The molecule has 304 valence electrons. The molecule has 11 heteroatoms. The van der Waals surface area contributed by atoms with Gasteiger partial charge in [0, 0.05) is 38.0 Å². The van der Waals surface area contributed by atoms with Crippen LogP contribution < -0.4 is 0 Å². The van der Waals surface area contributed by atoms with Crippen molar-refractivity contribution in [2.75, 3.05) is 6.61 Å². The van der Waals surface area contributed by atoms with E-state index >= 15 is 0 Å². The number of hydrogen-bond acceptors (Lipinski definition) is 11. The van der Waals surface area contributed by atoms with Crippen LogP contribution in [0.3, 0.4) is 0 Å². The van der Waals surface area contributed by atoms with E-state index < -0.39 is 47.9 Å². The third-order valence-electron chi connectivity index (χ3n) is 13.4. The molecule has 7 rings (SSSR count). The molecule has 7 heterocycles. The lowest BCUT2D eigenvalue weighted by atomic mass is 9.79. The highest BCUT2D eigenvalue weighted by Gasteiger charge is 2.54. The molecule has 0 bridgehead atoms. The van der Waals surface area contributed by atoms with Crippen LogP contribution in [-0.4, -0.2) is 106 Å². The van der Waals surface area contributed by atoms with Gasteiger partial charge in [0.25, 0.3) is 0 Å². The molecule has 0 aromatic rings. The monoisotopic (exact) mass is 758 g/mol. The van der Waals surface area contributed by atoms with Gasteiger partial charge in [0.15, 0.2) is 11.6 Å². The average Bonchev–Trinajstić information content (AvgIpc) is 3.53. The van der Waals surface area contributed by atoms with Crippen molar-refractivity contribution in [3.05, 3.63) is 36.0 Å². The number of ketones is 1. The fraction of sp³-hybridized carbons (Fsp3) is 0.837. The summed E-state index contributed by atoms with van der Waals surface area (Å²) in [7, 11) is 0. The molecule has 0 saturated carbocycles. The molecule has 7 aliphatic heterocycles. The van der Waals surface area contributed by atoms with Gasteiger partial charge >= 0.3 is 0 Å². The summed E-state index contributed by atoms with van der Waals surface area (Å²) in [5, 5.41) is 34.1. The molecule has 54 heavy (non-hydrogen) atoms. The molecule has 0 aromatic carbocycles. The molecule has 3 spiro atoms. The highest BCUT2D eigenvalue weighted by Crippen LogP contribution is 2.47. The maximum Gasteiger partial charge on any atom is 0.215 e. The molecule has 0 aliphatic carbocycles. The average molecular weight is 759 g/mol. The van der Waals surface area contributed by atoms with Crippen molar-refractivity contribution in [1.82, 2.24) is 0 Å². The molecule has 11 nitrogen and oxygen atoms in total. The first kappa shape index (κ1) is 40.7. The number of carbonyl (C=O) groups is 1. The topological polar surface area (TPSA) is 142 Å². The fourth-order valence-corrected chi connectivity index (χ4v) is 10.3. The number of rotatable bonds is 9. The highest BCUT2D eigenvalue weighted by atomic mass is 16.7. The van der Waals surface area contributed by atoms with E-state index in [-0.39, 0.29) is 48.1 Å². The minimum absolute atomic E-state index is 0.00359. The van der Waals surface area contributed by atoms with E-state index in [0.29, 0.717) is 62.9 Å². The first-order chi connectivity index (χ1) is 25.7. The maximum absolute atomic E-state index is 11.8. The maximum atomic E-state index is 11.8. The van der Waals surface area contributed by atoms with Gasteiger partial charge in [-0.25, -0.2) is 0 Å². The Bertz CT molecular complexity index is 1410. The van der Waals surface area contributed by atoms with E-state index in [1.54, 1.807) is 6.92 Å². The molecule has 16 unspecified atom stereocenters. The van der Waals surface area contributed by atoms with Crippen molar-refractivity contribution in [3.8, 4) is 0 Å². The lowest BCUT2D eigenvalue weighted by Gasteiger charge is -2.50. The van der Waals surface area contributed by atoms with Crippen molar-refractivity contribution in [2.45, 2.75) is 203 Å². The number of hydrogen-bond donors (Lipinski definition) is 3. The predicted molar refractivity (Wildman–Crippen MR) is 200 cm³/mol. The van der Waals surface area contributed by atoms with Crippen LogP contribution in [0.2, 0.25) is 0 Å². The second-order valence-corrected chi connectivity index (χ2v) is 18.0. The molecule has 6 fully saturated rings. The molecular formula is C43H66O11. The van der Waals surface area contributed by atoms with Crippen molar-refractivity contribution in [2.24, 2.45) is 17.8 Å². The summed E-state index contributed by atoms with van der Waals surface area (Å²) in [4.78, 5) is 11.8. The summed E-state index contributed by atoms with van der Waals surface area (Å²) < 4.78 is 45.3. The van der Waals surface area contributed by atoms with Crippen LogP contribution in [0, 0.1) is 17.8 Å². The van der Waals surface area contributed by atoms with E-state index in [4.69, 9.17) is 33.2 Å². The second kappa shape index (κ2) is 16.4. The summed E-state index contributed by atoms with van der Waals surface area (Å²) in [5.41, 5.74) is 1.53. The molecule has 6 saturated heterocycles. The zero-order chi connectivity index (χ0) is 38.4. The largest absolute Gasteiger partial charge is 0.390 e. The first-order valence-electron chi connectivity index (χ1n) is 21.0. The minimum Gasteiger partial charge on any atom is -0.390 e. The highest BCUT2D eigenvalue weighted by molar-refractivity contribution is 5.76. The van der Waals surface area contributed by atoms with Gasteiger partial charge in [0.2, 0.25) is 5.79 Å². The van der Waals surface area contributed by atoms with Gasteiger partial charge in [0.05, 0.1) is 43.2 Å². The summed E-state index contributed by atoms with van der Waals surface area (Å²) in [5.74, 6) is -2.08. The Hall–Kier alpha value is -1.51. The summed E-state index contributed by atoms with van der Waals surface area (Å²) in [6.07, 6.45) is 11.5. The Morgan fingerprint density at radius 2 is 1.76 bits per heavy atom. The third-order valence-corrected chi connectivity index (χ3v) is 13.4. The van der Waals surface area contributed by atoms with Crippen molar-refractivity contribution < 1.29 is 53.3 Å². The molecule has 3 N–H and O–H groups in total. The van der Waals surface area contributed by atoms with Gasteiger partial charge in [-0.2, -0.15) is 0 Å². The second-order valence-electron chi connectivity index (χ2n) is 18.0. The van der Waals surface area contributed by atoms with Gasteiger partial charge in [-0.05, 0) is 95.1 Å². The lowest BCUT2D eigenvalue weighted by molar-refractivity contribution is -0.320. The van der Waals surface area contributed by atoms with Crippen LogP contribution in [0.5, 0.6) is 0 Å². The van der Waals surface area contributed by atoms with E-state index in [0.717, 1.165) is 50.7 Å². The van der Waals surface area contributed by atoms with Gasteiger partial charge < -0.3 is 48.5 Å². The number of ether oxygens (including phenoxy) is 7. The molecule has 16 atom stereocenters. The number of aliphatic hydroxyl groups is 3. The van der Waals surface area contributed by atoms with Gasteiger partial charge in [-0.3, -0.25) is 4.79 Å². The van der Waals surface area contributed by atoms with Crippen molar-refractivity contribution >= 4 is 5.78 Å². The Labute approximate surface area is 321 Å². The summed E-state index contributed by atoms with van der Waals surface area (Å²) >= 11 is 0. The predicted octanol–water partition coefficient (Wildman–Crippen LogP) is 5.97. The summed E-state index contributed by atoms with van der Waals surface area (Å²) in [6.45, 7) is 15.0. The van der Waals surface area contributed by atoms with E-state index in [1.165, 1.54) is 0 Å². The van der Waals surface area contributed by atoms with E-state index in [2.05, 4.69) is 39.5 Å².